The number of alkyl halides is 4. The Bertz CT molecular complexity index is 441. The lowest BCUT2D eigenvalue weighted by molar-refractivity contribution is -0.0350. The molecule has 1 heterocycles. The van der Waals surface area contributed by atoms with Crippen LogP contribution in [0, 0.1) is 17.3 Å². The predicted octanol–water partition coefficient (Wildman–Crippen LogP) is 4.40. The van der Waals surface area contributed by atoms with E-state index in [1.165, 1.54) is 0 Å². The van der Waals surface area contributed by atoms with Gasteiger partial charge in [0.2, 0.25) is 0 Å². The summed E-state index contributed by atoms with van der Waals surface area (Å²) in [6, 6.07) is -0.220. The van der Waals surface area contributed by atoms with Crippen molar-refractivity contribution in [1.29, 1.82) is 0 Å². The second-order valence-electron chi connectivity index (χ2n) is 8.55. The first-order valence-corrected chi connectivity index (χ1v) is 9.27. The molecular weight excluding hydrogens is 306 g/mol. The van der Waals surface area contributed by atoms with E-state index in [9.17, 15) is 17.6 Å². The maximum absolute atomic E-state index is 14.4. The number of hydrogen-bond donors (Lipinski definition) is 0. The molecule has 1 saturated heterocycles. The van der Waals surface area contributed by atoms with E-state index >= 15 is 0 Å². The summed E-state index contributed by atoms with van der Waals surface area (Å²) in [5.41, 5.74) is 0.0869. The highest BCUT2D eigenvalue weighted by atomic mass is 19.2. The fraction of sp³-hybridized carbons (Fsp3) is 1.00. The summed E-state index contributed by atoms with van der Waals surface area (Å²) in [5.74, 6) is 0.391. The van der Waals surface area contributed by atoms with Crippen LogP contribution in [0.15, 0.2) is 0 Å². The quantitative estimate of drug-likeness (QED) is 0.643. The van der Waals surface area contributed by atoms with Gasteiger partial charge >= 0.3 is 0 Å². The Hall–Kier alpha value is -0.320. The summed E-state index contributed by atoms with van der Waals surface area (Å²) in [5, 5.41) is 0. The number of nitrogens with zero attached hydrogens (tertiary/aromatic N) is 1. The lowest BCUT2D eigenvalue weighted by Gasteiger charge is -2.49. The molecule has 0 aromatic rings. The molecule has 3 saturated carbocycles. The van der Waals surface area contributed by atoms with Gasteiger partial charge in [0.25, 0.3) is 0 Å². The van der Waals surface area contributed by atoms with Gasteiger partial charge in [-0.2, -0.15) is 0 Å². The van der Waals surface area contributed by atoms with Crippen molar-refractivity contribution in [2.24, 2.45) is 17.3 Å². The third kappa shape index (κ3) is 3.03. The van der Waals surface area contributed by atoms with Crippen molar-refractivity contribution in [3.05, 3.63) is 0 Å². The summed E-state index contributed by atoms with van der Waals surface area (Å²) >= 11 is 0. The molecule has 6 unspecified atom stereocenters. The third-order valence-corrected chi connectivity index (χ3v) is 6.96. The average molecular weight is 333 g/mol. The van der Waals surface area contributed by atoms with Gasteiger partial charge in [-0.05, 0) is 55.8 Å². The Morgan fingerprint density at radius 2 is 1.52 bits per heavy atom. The van der Waals surface area contributed by atoms with E-state index in [4.69, 9.17) is 0 Å². The molecule has 1 nitrogen and oxygen atoms in total. The minimum absolute atomic E-state index is 0.000548. The molecule has 0 radical (unpaired) electrons. The van der Waals surface area contributed by atoms with Gasteiger partial charge in [0.1, 0.15) is 24.7 Å². The molecular formula is C18H27F4N. The highest BCUT2D eigenvalue weighted by Gasteiger charge is 2.58. The lowest BCUT2D eigenvalue weighted by Crippen LogP contribution is -2.55. The van der Waals surface area contributed by atoms with Gasteiger partial charge in [0.15, 0.2) is 0 Å². The van der Waals surface area contributed by atoms with Crippen molar-refractivity contribution >= 4 is 0 Å². The van der Waals surface area contributed by atoms with Crippen molar-refractivity contribution in [3.8, 4) is 0 Å². The minimum Gasteiger partial charge on any atom is -0.297 e. The molecule has 0 aromatic heterocycles. The smallest absolute Gasteiger partial charge is 0.118 e. The predicted molar refractivity (Wildman–Crippen MR) is 81.3 cm³/mol. The van der Waals surface area contributed by atoms with Gasteiger partial charge in [-0.1, -0.05) is 0 Å². The number of hydrogen-bond acceptors (Lipinski definition) is 1. The number of halogens is 4. The fourth-order valence-corrected chi connectivity index (χ4v) is 5.68. The van der Waals surface area contributed by atoms with E-state index in [-0.39, 0.29) is 36.1 Å². The van der Waals surface area contributed by atoms with Gasteiger partial charge in [0.05, 0.1) is 0 Å². The molecule has 7 atom stereocenters. The van der Waals surface area contributed by atoms with Crippen molar-refractivity contribution in [2.75, 3.05) is 13.1 Å². The zero-order chi connectivity index (χ0) is 16.2. The molecule has 23 heavy (non-hydrogen) atoms. The van der Waals surface area contributed by atoms with Crippen LogP contribution >= 0.6 is 0 Å². The molecule has 0 amide bonds. The fourth-order valence-electron chi connectivity index (χ4n) is 5.68. The van der Waals surface area contributed by atoms with Crippen molar-refractivity contribution in [2.45, 2.75) is 82.1 Å². The second-order valence-corrected chi connectivity index (χ2v) is 8.55. The van der Waals surface area contributed by atoms with E-state index in [1.807, 2.05) is 0 Å². The minimum atomic E-state index is -1.12. The van der Waals surface area contributed by atoms with Gasteiger partial charge in [-0.15, -0.1) is 0 Å². The molecule has 3 aliphatic carbocycles. The number of fused-ring (bicyclic) bond motifs is 2. The Kier molecular flexibility index (Phi) is 4.14. The molecule has 1 spiro atoms. The molecule has 4 rings (SSSR count). The first-order valence-electron chi connectivity index (χ1n) is 9.27. The standard InChI is InChI=1S/C18H27F4N/c19-12-1-2-17(16(22)8-12)23-9-11-5-13(20)6-14(21)7-15(11)18(10-23)3-4-18/h11-17H,1-10H2/t11?,12?,13?,14?,15?,16-,17?/m1/s1. The topological polar surface area (TPSA) is 3.24 Å². The van der Waals surface area contributed by atoms with Crippen molar-refractivity contribution < 1.29 is 17.6 Å². The first-order chi connectivity index (χ1) is 11.0. The summed E-state index contributed by atoms with van der Waals surface area (Å²) in [6.45, 7) is 1.47. The van der Waals surface area contributed by atoms with E-state index in [0.29, 0.717) is 32.2 Å². The monoisotopic (exact) mass is 333 g/mol. The van der Waals surface area contributed by atoms with Gasteiger partial charge in [-0.3, -0.25) is 4.90 Å². The Morgan fingerprint density at radius 3 is 2.22 bits per heavy atom. The van der Waals surface area contributed by atoms with E-state index < -0.39 is 24.7 Å². The number of piperidine rings is 1. The highest BCUT2D eigenvalue weighted by Crippen LogP contribution is 2.61. The summed E-state index contributed by atoms with van der Waals surface area (Å²) in [7, 11) is 0. The van der Waals surface area contributed by atoms with Gasteiger partial charge < -0.3 is 0 Å². The number of rotatable bonds is 1. The summed E-state index contributed by atoms with van der Waals surface area (Å²) in [6.07, 6.45) is -0.204. The molecule has 4 aliphatic rings. The van der Waals surface area contributed by atoms with Crippen LogP contribution in [0.5, 0.6) is 0 Å². The lowest BCUT2D eigenvalue weighted by atomic mass is 9.71. The zero-order valence-electron chi connectivity index (χ0n) is 13.6. The van der Waals surface area contributed by atoms with E-state index in [0.717, 1.165) is 19.4 Å². The Morgan fingerprint density at radius 1 is 0.783 bits per heavy atom. The Balaban J connectivity index is 1.52. The van der Waals surface area contributed by atoms with Crippen molar-refractivity contribution in [1.82, 2.24) is 4.90 Å². The van der Waals surface area contributed by atoms with Crippen LogP contribution < -0.4 is 0 Å². The molecule has 0 aromatic carbocycles. The van der Waals surface area contributed by atoms with Crippen molar-refractivity contribution in [3.63, 3.8) is 0 Å². The SMILES string of the molecule is FC1CC(F)CC2C(C1)CN(C1CCC(F)C[C@H]1F)CC21CC1. The van der Waals surface area contributed by atoms with Crippen LogP contribution in [0.4, 0.5) is 17.6 Å². The summed E-state index contributed by atoms with van der Waals surface area (Å²) < 4.78 is 55.9. The van der Waals surface area contributed by atoms with Crippen LogP contribution in [0.25, 0.3) is 0 Å². The van der Waals surface area contributed by atoms with Crippen LogP contribution in [0.2, 0.25) is 0 Å². The molecule has 5 heteroatoms. The molecule has 132 valence electrons. The number of likely N-dealkylation sites (tertiary alicyclic amines) is 1. The molecule has 1 aliphatic heterocycles. The maximum atomic E-state index is 14.4. The molecule has 0 bridgehead atoms. The van der Waals surface area contributed by atoms with Gasteiger partial charge in [0, 0.05) is 32.0 Å². The average Bonchev–Trinajstić information content (AvgIpc) is 3.23. The largest absolute Gasteiger partial charge is 0.297 e. The van der Waals surface area contributed by atoms with Crippen LogP contribution in [0.1, 0.15) is 51.4 Å². The van der Waals surface area contributed by atoms with E-state index in [1.54, 1.807) is 0 Å². The normalized spacial score (nSPS) is 50.3. The third-order valence-electron chi connectivity index (χ3n) is 6.96. The van der Waals surface area contributed by atoms with Crippen LogP contribution in [-0.2, 0) is 0 Å². The van der Waals surface area contributed by atoms with Crippen LogP contribution in [0.3, 0.4) is 0 Å². The maximum Gasteiger partial charge on any atom is 0.118 e. The molecule has 0 N–H and O–H groups in total. The highest BCUT2D eigenvalue weighted by molar-refractivity contribution is 5.09. The molecule has 4 fully saturated rings. The zero-order valence-corrected chi connectivity index (χ0v) is 13.6. The van der Waals surface area contributed by atoms with Crippen LogP contribution in [-0.4, -0.2) is 48.7 Å². The first kappa shape index (κ1) is 16.2. The Labute approximate surface area is 135 Å². The van der Waals surface area contributed by atoms with E-state index in [2.05, 4.69) is 4.90 Å². The van der Waals surface area contributed by atoms with Gasteiger partial charge in [-0.25, -0.2) is 17.6 Å². The second kappa shape index (κ2) is 5.89. The summed E-state index contributed by atoms with van der Waals surface area (Å²) in [4.78, 5) is 2.18.